The van der Waals surface area contributed by atoms with Crippen molar-refractivity contribution in [3.8, 4) is 0 Å². The molecule has 1 aliphatic rings. The SMILES string of the molecule is O=C(NCc1csc(Br)c1)[C@@H]1CCCO1. The molecule has 1 fully saturated rings. The first kappa shape index (κ1) is 11.1. The summed E-state index contributed by atoms with van der Waals surface area (Å²) in [5.74, 6) is 0.00909. The van der Waals surface area contributed by atoms with Gasteiger partial charge in [-0.15, -0.1) is 11.3 Å². The van der Waals surface area contributed by atoms with Crippen LogP contribution in [0, 0.1) is 0 Å². The third-order valence-corrected chi connectivity index (χ3v) is 3.86. The van der Waals surface area contributed by atoms with Crippen LogP contribution >= 0.6 is 27.3 Å². The molecule has 82 valence electrons. The normalized spacial score (nSPS) is 20.5. The predicted molar refractivity (Wildman–Crippen MR) is 62.8 cm³/mol. The fraction of sp³-hybridized carbons (Fsp3) is 0.500. The molecule has 1 N–H and O–H groups in total. The zero-order chi connectivity index (χ0) is 10.7. The summed E-state index contributed by atoms with van der Waals surface area (Å²) in [4.78, 5) is 11.6. The van der Waals surface area contributed by atoms with Crippen molar-refractivity contribution in [3.63, 3.8) is 0 Å². The van der Waals surface area contributed by atoms with Gasteiger partial charge in [-0.05, 0) is 45.8 Å². The number of amides is 1. The number of thiophene rings is 1. The van der Waals surface area contributed by atoms with Crippen LogP contribution in [0.15, 0.2) is 15.2 Å². The number of ether oxygens (including phenoxy) is 1. The van der Waals surface area contributed by atoms with Gasteiger partial charge in [-0.2, -0.15) is 0 Å². The molecule has 3 nitrogen and oxygen atoms in total. The van der Waals surface area contributed by atoms with Crippen molar-refractivity contribution in [2.75, 3.05) is 6.61 Å². The summed E-state index contributed by atoms with van der Waals surface area (Å²) < 4.78 is 6.38. The summed E-state index contributed by atoms with van der Waals surface area (Å²) in [6.07, 6.45) is 1.61. The third-order valence-electron chi connectivity index (χ3n) is 2.31. The largest absolute Gasteiger partial charge is 0.368 e. The molecule has 1 aromatic heterocycles. The molecule has 15 heavy (non-hydrogen) atoms. The van der Waals surface area contributed by atoms with Crippen LogP contribution in [-0.4, -0.2) is 18.6 Å². The second-order valence-corrected chi connectivity index (χ2v) is 5.77. The Morgan fingerprint density at radius 3 is 3.20 bits per heavy atom. The lowest BCUT2D eigenvalue weighted by Crippen LogP contribution is -2.33. The van der Waals surface area contributed by atoms with Crippen LogP contribution in [0.3, 0.4) is 0 Å². The first-order valence-corrected chi connectivity index (χ1v) is 6.55. The van der Waals surface area contributed by atoms with Gasteiger partial charge in [0.2, 0.25) is 5.91 Å². The van der Waals surface area contributed by atoms with E-state index in [1.807, 2.05) is 11.4 Å². The second-order valence-electron chi connectivity index (χ2n) is 3.48. The molecule has 2 rings (SSSR count). The van der Waals surface area contributed by atoms with Crippen molar-refractivity contribution in [3.05, 3.63) is 20.8 Å². The number of carbonyl (C=O) groups is 1. The number of halogens is 1. The smallest absolute Gasteiger partial charge is 0.249 e. The fourth-order valence-corrected chi connectivity index (χ4v) is 2.74. The van der Waals surface area contributed by atoms with Gasteiger partial charge in [0.15, 0.2) is 0 Å². The molecule has 0 aromatic carbocycles. The van der Waals surface area contributed by atoms with E-state index in [1.54, 1.807) is 11.3 Å². The van der Waals surface area contributed by atoms with Gasteiger partial charge in [-0.3, -0.25) is 4.79 Å². The van der Waals surface area contributed by atoms with Gasteiger partial charge < -0.3 is 10.1 Å². The Balaban J connectivity index is 1.80. The van der Waals surface area contributed by atoms with Gasteiger partial charge in [0.25, 0.3) is 0 Å². The maximum absolute atomic E-state index is 11.6. The molecule has 0 spiro atoms. The van der Waals surface area contributed by atoms with Gasteiger partial charge in [0.05, 0.1) is 3.79 Å². The van der Waals surface area contributed by atoms with Crippen molar-refractivity contribution in [1.29, 1.82) is 0 Å². The van der Waals surface area contributed by atoms with Gasteiger partial charge in [-0.1, -0.05) is 0 Å². The maximum atomic E-state index is 11.6. The van der Waals surface area contributed by atoms with E-state index < -0.39 is 0 Å². The Kier molecular flexibility index (Phi) is 3.77. The molecule has 0 radical (unpaired) electrons. The van der Waals surface area contributed by atoms with E-state index in [-0.39, 0.29) is 12.0 Å². The number of rotatable bonds is 3. The molecule has 1 amide bonds. The van der Waals surface area contributed by atoms with Crippen molar-refractivity contribution >= 4 is 33.2 Å². The molecule has 5 heteroatoms. The fourth-order valence-electron chi connectivity index (χ4n) is 1.53. The highest BCUT2D eigenvalue weighted by atomic mass is 79.9. The van der Waals surface area contributed by atoms with Gasteiger partial charge in [0, 0.05) is 13.2 Å². The monoisotopic (exact) mass is 289 g/mol. The van der Waals surface area contributed by atoms with Crippen molar-refractivity contribution in [1.82, 2.24) is 5.32 Å². The van der Waals surface area contributed by atoms with E-state index in [9.17, 15) is 4.79 Å². The Hall–Kier alpha value is -0.390. The van der Waals surface area contributed by atoms with E-state index in [4.69, 9.17) is 4.74 Å². The Labute approximate surface area is 101 Å². The van der Waals surface area contributed by atoms with Crippen LogP contribution in [0.4, 0.5) is 0 Å². The molecule has 0 aliphatic carbocycles. The topological polar surface area (TPSA) is 38.3 Å². The molecule has 1 saturated heterocycles. The zero-order valence-electron chi connectivity index (χ0n) is 8.16. The molecule has 1 aliphatic heterocycles. The lowest BCUT2D eigenvalue weighted by atomic mass is 10.2. The molecule has 2 heterocycles. The van der Waals surface area contributed by atoms with Crippen molar-refractivity contribution in [2.45, 2.75) is 25.5 Å². The minimum Gasteiger partial charge on any atom is -0.368 e. The van der Waals surface area contributed by atoms with Crippen LogP contribution in [-0.2, 0) is 16.1 Å². The van der Waals surface area contributed by atoms with Gasteiger partial charge in [-0.25, -0.2) is 0 Å². The Morgan fingerprint density at radius 1 is 1.73 bits per heavy atom. The minimum absolute atomic E-state index is 0.00909. The van der Waals surface area contributed by atoms with E-state index >= 15 is 0 Å². The highest BCUT2D eigenvalue weighted by Gasteiger charge is 2.22. The number of hydrogen-bond acceptors (Lipinski definition) is 3. The van der Waals surface area contributed by atoms with E-state index in [0.29, 0.717) is 13.2 Å². The van der Waals surface area contributed by atoms with E-state index in [1.165, 1.54) is 0 Å². The highest BCUT2D eigenvalue weighted by molar-refractivity contribution is 9.11. The summed E-state index contributed by atoms with van der Waals surface area (Å²) in [6, 6.07) is 2.01. The maximum Gasteiger partial charge on any atom is 0.249 e. The highest BCUT2D eigenvalue weighted by Crippen LogP contribution is 2.20. The molecular weight excluding hydrogens is 278 g/mol. The zero-order valence-corrected chi connectivity index (χ0v) is 10.6. The quantitative estimate of drug-likeness (QED) is 0.927. The van der Waals surface area contributed by atoms with Crippen LogP contribution in [0.5, 0.6) is 0 Å². The number of hydrogen-bond donors (Lipinski definition) is 1. The minimum atomic E-state index is -0.230. The van der Waals surface area contributed by atoms with Crippen LogP contribution < -0.4 is 5.32 Å². The van der Waals surface area contributed by atoms with Crippen molar-refractivity contribution in [2.24, 2.45) is 0 Å². The summed E-state index contributed by atoms with van der Waals surface area (Å²) in [6.45, 7) is 1.29. The van der Waals surface area contributed by atoms with Gasteiger partial charge in [0.1, 0.15) is 6.10 Å². The molecule has 1 aromatic rings. The molecule has 1 atom stereocenters. The van der Waals surface area contributed by atoms with Crippen LogP contribution in [0.2, 0.25) is 0 Å². The second kappa shape index (κ2) is 5.09. The summed E-state index contributed by atoms with van der Waals surface area (Å²) in [7, 11) is 0. The first-order chi connectivity index (χ1) is 7.25. The van der Waals surface area contributed by atoms with Gasteiger partial charge >= 0.3 is 0 Å². The Morgan fingerprint density at radius 2 is 2.60 bits per heavy atom. The Bertz CT molecular complexity index is 347. The average molecular weight is 290 g/mol. The summed E-state index contributed by atoms with van der Waals surface area (Å²) in [5.41, 5.74) is 1.12. The molecule has 0 unspecified atom stereocenters. The lowest BCUT2D eigenvalue weighted by molar-refractivity contribution is -0.130. The van der Waals surface area contributed by atoms with Crippen LogP contribution in [0.1, 0.15) is 18.4 Å². The van der Waals surface area contributed by atoms with E-state index in [2.05, 4.69) is 21.2 Å². The number of carbonyl (C=O) groups excluding carboxylic acids is 1. The average Bonchev–Trinajstić information content (AvgIpc) is 2.84. The standard InChI is InChI=1S/C10H12BrNO2S/c11-9-4-7(6-15-9)5-12-10(13)8-2-1-3-14-8/h4,6,8H,1-3,5H2,(H,12,13)/t8-/m0/s1. The third kappa shape index (κ3) is 3.03. The van der Waals surface area contributed by atoms with Crippen LogP contribution in [0.25, 0.3) is 0 Å². The number of nitrogens with one attached hydrogen (secondary N) is 1. The molecule has 0 bridgehead atoms. The molecular formula is C10H12BrNO2S. The molecule has 0 saturated carbocycles. The first-order valence-electron chi connectivity index (χ1n) is 4.88. The lowest BCUT2D eigenvalue weighted by Gasteiger charge is -2.09. The summed E-state index contributed by atoms with van der Waals surface area (Å²) >= 11 is 5.01. The van der Waals surface area contributed by atoms with E-state index in [0.717, 1.165) is 22.2 Å². The summed E-state index contributed by atoms with van der Waals surface area (Å²) in [5, 5.41) is 4.90. The predicted octanol–water partition coefficient (Wildman–Crippen LogP) is 2.31. The van der Waals surface area contributed by atoms with Crippen molar-refractivity contribution < 1.29 is 9.53 Å².